The minimum absolute atomic E-state index is 0.119. The van der Waals surface area contributed by atoms with Crippen molar-refractivity contribution in [2.24, 2.45) is 17.8 Å². The molecule has 0 aromatic rings. The number of ether oxygens (including phenoxy) is 1. The Labute approximate surface area is 141 Å². The summed E-state index contributed by atoms with van der Waals surface area (Å²) in [5.74, 6) is -0.135. The van der Waals surface area contributed by atoms with Crippen LogP contribution < -0.4 is 0 Å². The van der Waals surface area contributed by atoms with Gasteiger partial charge in [-0.05, 0) is 25.2 Å². The van der Waals surface area contributed by atoms with E-state index in [-0.39, 0.29) is 23.8 Å². The molecule has 1 aliphatic heterocycles. The summed E-state index contributed by atoms with van der Waals surface area (Å²) in [5, 5.41) is 0. The fourth-order valence-electron chi connectivity index (χ4n) is 4.23. The molecular weight excluding hydrogens is 288 g/mol. The molecule has 23 heavy (non-hydrogen) atoms. The maximum Gasteiger partial charge on any atom is 0.317 e. The molecule has 2 aliphatic rings. The molecule has 2 rings (SSSR count). The molecule has 3 heteroatoms. The second kappa shape index (κ2) is 10.1. The van der Waals surface area contributed by atoms with Crippen LogP contribution in [-0.4, -0.2) is 11.9 Å². The molecular formula is C20H34O3. The predicted molar refractivity (Wildman–Crippen MR) is 91.9 cm³/mol. The highest BCUT2D eigenvalue weighted by Gasteiger charge is 2.47. The molecule has 0 amide bonds. The third-order valence-electron chi connectivity index (χ3n) is 5.73. The largest absolute Gasteiger partial charge is 0.393 e. The van der Waals surface area contributed by atoms with E-state index in [1.807, 2.05) is 0 Å². The molecule has 1 saturated carbocycles. The Hall–Kier alpha value is -0.860. The van der Waals surface area contributed by atoms with E-state index < -0.39 is 0 Å². The van der Waals surface area contributed by atoms with Crippen LogP contribution in [0.2, 0.25) is 0 Å². The molecule has 3 atom stereocenters. The van der Waals surface area contributed by atoms with Crippen molar-refractivity contribution in [1.82, 2.24) is 0 Å². The van der Waals surface area contributed by atoms with Gasteiger partial charge in [-0.15, -0.1) is 0 Å². The van der Waals surface area contributed by atoms with E-state index in [4.69, 9.17) is 4.74 Å². The molecule has 0 radical (unpaired) electrons. The summed E-state index contributed by atoms with van der Waals surface area (Å²) in [6.07, 6.45) is 17.7. The quantitative estimate of drug-likeness (QED) is 0.290. The zero-order chi connectivity index (χ0) is 16.5. The third-order valence-corrected chi connectivity index (χ3v) is 5.73. The van der Waals surface area contributed by atoms with Gasteiger partial charge < -0.3 is 4.74 Å². The number of carbonyl (C=O) groups excluding carboxylic acids is 2. The Morgan fingerprint density at radius 2 is 1.35 bits per heavy atom. The molecule has 1 aliphatic carbocycles. The van der Waals surface area contributed by atoms with Gasteiger partial charge in [0.25, 0.3) is 0 Å². The van der Waals surface area contributed by atoms with Gasteiger partial charge >= 0.3 is 11.9 Å². The second-order valence-corrected chi connectivity index (χ2v) is 7.60. The lowest BCUT2D eigenvalue weighted by molar-refractivity contribution is -0.153. The van der Waals surface area contributed by atoms with Crippen molar-refractivity contribution in [2.75, 3.05) is 0 Å². The van der Waals surface area contributed by atoms with Gasteiger partial charge in [0, 0.05) is 0 Å². The van der Waals surface area contributed by atoms with Crippen molar-refractivity contribution in [3.63, 3.8) is 0 Å². The average molecular weight is 322 g/mol. The van der Waals surface area contributed by atoms with Gasteiger partial charge in [0.15, 0.2) is 0 Å². The van der Waals surface area contributed by atoms with Crippen molar-refractivity contribution in [2.45, 2.75) is 96.8 Å². The summed E-state index contributed by atoms with van der Waals surface area (Å²) >= 11 is 0. The molecule has 0 bridgehead atoms. The maximum atomic E-state index is 11.7. The maximum absolute atomic E-state index is 11.7. The van der Waals surface area contributed by atoms with Crippen LogP contribution in [0.15, 0.2) is 0 Å². The molecule has 1 saturated heterocycles. The van der Waals surface area contributed by atoms with Gasteiger partial charge in [0.2, 0.25) is 0 Å². The van der Waals surface area contributed by atoms with Crippen molar-refractivity contribution < 1.29 is 14.3 Å². The number of cyclic esters (lactones) is 2. The first kappa shape index (κ1) is 18.5. The Morgan fingerprint density at radius 3 is 2.00 bits per heavy atom. The Bertz CT molecular complexity index is 377. The highest BCUT2D eigenvalue weighted by molar-refractivity contribution is 5.96. The van der Waals surface area contributed by atoms with E-state index in [1.165, 1.54) is 70.6 Å². The molecule has 0 aromatic heterocycles. The van der Waals surface area contributed by atoms with E-state index in [2.05, 4.69) is 6.92 Å². The van der Waals surface area contributed by atoms with Gasteiger partial charge in [-0.3, -0.25) is 9.59 Å². The number of fused-ring (bicyclic) bond motifs is 1. The molecule has 0 aromatic carbocycles. The van der Waals surface area contributed by atoms with Crippen LogP contribution in [-0.2, 0) is 14.3 Å². The van der Waals surface area contributed by atoms with E-state index in [1.54, 1.807) is 0 Å². The van der Waals surface area contributed by atoms with Crippen LogP contribution in [0.3, 0.4) is 0 Å². The average Bonchev–Trinajstić information content (AvgIpc) is 2.83. The minimum atomic E-state index is -0.266. The Balaban J connectivity index is 1.46. The summed E-state index contributed by atoms with van der Waals surface area (Å²) < 4.78 is 4.78. The summed E-state index contributed by atoms with van der Waals surface area (Å²) in [5.41, 5.74) is 0. The van der Waals surface area contributed by atoms with E-state index in [0.717, 1.165) is 19.3 Å². The summed E-state index contributed by atoms with van der Waals surface area (Å²) in [7, 11) is 0. The van der Waals surface area contributed by atoms with Crippen molar-refractivity contribution in [3.8, 4) is 0 Å². The minimum Gasteiger partial charge on any atom is -0.393 e. The van der Waals surface area contributed by atoms with Gasteiger partial charge in [-0.25, -0.2) is 0 Å². The zero-order valence-electron chi connectivity index (χ0n) is 14.9. The number of carbonyl (C=O) groups is 2. The zero-order valence-corrected chi connectivity index (χ0v) is 14.9. The summed E-state index contributed by atoms with van der Waals surface area (Å²) in [6, 6.07) is 0. The number of esters is 2. The standard InChI is InChI=1S/C20H34O3/c1-2-3-4-5-6-7-8-9-10-11-12-16-13-14-17-18(15-16)20(22)23-19(17)21/h16-18H,2-15H2,1H3. The van der Waals surface area contributed by atoms with Gasteiger partial charge in [-0.1, -0.05) is 77.6 Å². The number of hydrogen-bond donors (Lipinski definition) is 0. The fraction of sp³-hybridized carbons (Fsp3) is 0.900. The highest BCUT2D eigenvalue weighted by atomic mass is 16.6. The number of unbranched alkanes of at least 4 members (excludes halogenated alkanes) is 9. The van der Waals surface area contributed by atoms with E-state index in [9.17, 15) is 9.59 Å². The third kappa shape index (κ3) is 5.93. The van der Waals surface area contributed by atoms with Crippen LogP contribution >= 0.6 is 0 Å². The topological polar surface area (TPSA) is 43.4 Å². The van der Waals surface area contributed by atoms with Crippen molar-refractivity contribution >= 4 is 11.9 Å². The van der Waals surface area contributed by atoms with Gasteiger partial charge in [0.05, 0.1) is 11.8 Å². The lowest BCUT2D eigenvalue weighted by Gasteiger charge is -2.27. The lowest BCUT2D eigenvalue weighted by Crippen LogP contribution is -2.27. The smallest absolute Gasteiger partial charge is 0.317 e. The van der Waals surface area contributed by atoms with Crippen LogP contribution in [0.5, 0.6) is 0 Å². The summed E-state index contributed by atoms with van der Waals surface area (Å²) in [4.78, 5) is 23.2. The van der Waals surface area contributed by atoms with Gasteiger partial charge in [-0.2, -0.15) is 0 Å². The summed E-state index contributed by atoms with van der Waals surface area (Å²) in [6.45, 7) is 2.26. The molecule has 0 N–H and O–H groups in total. The Morgan fingerprint density at radius 1 is 0.783 bits per heavy atom. The van der Waals surface area contributed by atoms with Crippen LogP contribution in [0.25, 0.3) is 0 Å². The molecule has 132 valence electrons. The molecule has 2 fully saturated rings. The SMILES string of the molecule is CCCCCCCCCCCCC1CCC2C(=O)OC(=O)C2C1. The first-order valence-electron chi connectivity index (χ1n) is 9.98. The second-order valence-electron chi connectivity index (χ2n) is 7.60. The van der Waals surface area contributed by atoms with Gasteiger partial charge in [0.1, 0.15) is 0 Å². The van der Waals surface area contributed by atoms with Crippen LogP contribution in [0.1, 0.15) is 96.8 Å². The fourth-order valence-corrected chi connectivity index (χ4v) is 4.23. The highest BCUT2D eigenvalue weighted by Crippen LogP contribution is 2.41. The number of rotatable bonds is 11. The first-order valence-corrected chi connectivity index (χ1v) is 9.98. The first-order chi connectivity index (χ1) is 11.2. The molecule has 3 unspecified atom stereocenters. The molecule has 0 spiro atoms. The molecule has 3 nitrogen and oxygen atoms in total. The number of hydrogen-bond acceptors (Lipinski definition) is 3. The Kier molecular flexibility index (Phi) is 8.11. The van der Waals surface area contributed by atoms with Crippen molar-refractivity contribution in [1.29, 1.82) is 0 Å². The monoisotopic (exact) mass is 322 g/mol. The van der Waals surface area contributed by atoms with E-state index in [0.29, 0.717) is 5.92 Å². The van der Waals surface area contributed by atoms with Crippen LogP contribution in [0.4, 0.5) is 0 Å². The normalized spacial score (nSPS) is 27.1. The molecule has 1 heterocycles. The predicted octanol–water partition coefficient (Wildman–Crippen LogP) is 5.41. The lowest BCUT2D eigenvalue weighted by atomic mass is 9.74. The van der Waals surface area contributed by atoms with Crippen LogP contribution in [0, 0.1) is 17.8 Å². The van der Waals surface area contributed by atoms with E-state index >= 15 is 0 Å². The van der Waals surface area contributed by atoms with Crippen molar-refractivity contribution in [3.05, 3.63) is 0 Å².